The van der Waals surface area contributed by atoms with Gasteiger partial charge in [-0.2, -0.15) is 0 Å². The highest BCUT2D eigenvalue weighted by atomic mass is 19.1. The molecule has 0 fully saturated rings. The minimum Gasteiger partial charge on any atom is -0.490 e. The lowest BCUT2D eigenvalue weighted by atomic mass is 10.1. The monoisotopic (exact) mass is 380 g/mol. The maximum absolute atomic E-state index is 13.9. The average molecular weight is 380 g/mol. The number of hydrogen-bond donors (Lipinski definition) is 1. The maximum Gasteiger partial charge on any atom is 0.255 e. The minimum atomic E-state index is -0.486. The van der Waals surface area contributed by atoms with Crippen molar-refractivity contribution in [3.8, 4) is 11.5 Å². The van der Waals surface area contributed by atoms with Crippen LogP contribution in [0.1, 0.15) is 28.4 Å². The van der Waals surface area contributed by atoms with Crippen molar-refractivity contribution in [1.29, 1.82) is 0 Å². The van der Waals surface area contributed by atoms with Crippen LogP contribution >= 0.6 is 0 Å². The summed E-state index contributed by atoms with van der Waals surface area (Å²) < 4.78 is 25.3. The molecule has 1 amide bonds. The van der Waals surface area contributed by atoms with E-state index < -0.39 is 11.7 Å². The van der Waals surface area contributed by atoms with Gasteiger partial charge in [0.1, 0.15) is 12.4 Å². The maximum atomic E-state index is 13.9. The zero-order valence-electron chi connectivity index (χ0n) is 15.7. The summed E-state index contributed by atoms with van der Waals surface area (Å²) in [5.74, 6) is 0.0532. The molecule has 0 aliphatic heterocycles. The van der Waals surface area contributed by atoms with E-state index in [1.165, 1.54) is 6.07 Å². The van der Waals surface area contributed by atoms with Crippen LogP contribution in [0.15, 0.2) is 60.9 Å². The zero-order valence-corrected chi connectivity index (χ0v) is 15.7. The van der Waals surface area contributed by atoms with Crippen molar-refractivity contribution in [3.05, 3.63) is 83.4 Å². The number of amides is 1. The van der Waals surface area contributed by atoms with Crippen LogP contribution in [0.4, 0.5) is 10.1 Å². The second kappa shape index (κ2) is 8.99. The Morgan fingerprint density at radius 2 is 1.96 bits per heavy atom. The van der Waals surface area contributed by atoms with Crippen LogP contribution in [0.3, 0.4) is 0 Å². The van der Waals surface area contributed by atoms with Gasteiger partial charge in [0.2, 0.25) is 0 Å². The average Bonchev–Trinajstić information content (AvgIpc) is 2.70. The molecule has 0 bridgehead atoms. The van der Waals surface area contributed by atoms with E-state index in [0.717, 1.165) is 11.1 Å². The van der Waals surface area contributed by atoms with Crippen molar-refractivity contribution >= 4 is 11.6 Å². The van der Waals surface area contributed by atoms with E-state index in [1.807, 2.05) is 26.0 Å². The number of aromatic nitrogens is 1. The molecule has 0 radical (unpaired) electrons. The third-order valence-electron chi connectivity index (χ3n) is 3.99. The first-order valence-electron chi connectivity index (χ1n) is 8.93. The minimum absolute atomic E-state index is 0.139. The van der Waals surface area contributed by atoms with Crippen LogP contribution in [0.5, 0.6) is 11.5 Å². The fourth-order valence-electron chi connectivity index (χ4n) is 2.61. The lowest BCUT2D eigenvalue weighted by Crippen LogP contribution is -2.13. The number of carbonyl (C=O) groups excluding carboxylic acids is 1. The molecule has 1 N–H and O–H groups in total. The first-order valence-corrected chi connectivity index (χ1v) is 8.93. The van der Waals surface area contributed by atoms with Crippen LogP contribution in [0.25, 0.3) is 0 Å². The molecule has 0 spiro atoms. The summed E-state index contributed by atoms with van der Waals surface area (Å²) in [6, 6.07) is 13.2. The van der Waals surface area contributed by atoms with Gasteiger partial charge >= 0.3 is 0 Å². The predicted molar refractivity (Wildman–Crippen MR) is 105 cm³/mol. The van der Waals surface area contributed by atoms with Crippen molar-refractivity contribution in [2.24, 2.45) is 0 Å². The van der Waals surface area contributed by atoms with Crippen molar-refractivity contribution in [3.63, 3.8) is 0 Å². The van der Waals surface area contributed by atoms with Crippen LogP contribution in [-0.2, 0) is 6.61 Å². The van der Waals surface area contributed by atoms with Gasteiger partial charge in [-0.15, -0.1) is 0 Å². The standard InChI is InChI=1S/C22H21FN2O3/c1-3-27-21-12-17(22(26)25-19-11-15(2)6-8-18(19)23)7-9-20(21)28-14-16-5-4-10-24-13-16/h4-13H,3,14H2,1-2H3,(H,25,26). The van der Waals surface area contributed by atoms with E-state index >= 15 is 0 Å². The summed E-state index contributed by atoms with van der Waals surface area (Å²) in [4.78, 5) is 16.6. The summed E-state index contributed by atoms with van der Waals surface area (Å²) in [5.41, 5.74) is 2.26. The summed E-state index contributed by atoms with van der Waals surface area (Å²) in [6.07, 6.45) is 3.41. The Morgan fingerprint density at radius 1 is 1.11 bits per heavy atom. The van der Waals surface area contributed by atoms with Gasteiger partial charge in [-0.25, -0.2) is 4.39 Å². The Labute approximate surface area is 163 Å². The molecular formula is C22H21FN2O3. The summed E-state index contributed by atoms with van der Waals surface area (Å²) >= 11 is 0. The van der Waals surface area contributed by atoms with E-state index in [0.29, 0.717) is 30.3 Å². The summed E-state index contributed by atoms with van der Waals surface area (Å²) in [6.45, 7) is 4.42. The molecule has 0 atom stereocenters. The number of carbonyl (C=O) groups is 1. The second-order valence-corrected chi connectivity index (χ2v) is 6.18. The Hall–Kier alpha value is -3.41. The topological polar surface area (TPSA) is 60.5 Å². The third kappa shape index (κ3) is 4.85. The molecule has 0 saturated heterocycles. The molecule has 2 aromatic carbocycles. The largest absolute Gasteiger partial charge is 0.490 e. The molecule has 144 valence electrons. The highest BCUT2D eigenvalue weighted by Crippen LogP contribution is 2.30. The number of nitrogens with zero attached hydrogens (tertiary/aromatic N) is 1. The molecular weight excluding hydrogens is 359 g/mol. The molecule has 0 saturated carbocycles. The van der Waals surface area contributed by atoms with Gasteiger partial charge < -0.3 is 14.8 Å². The van der Waals surface area contributed by atoms with E-state index in [9.17, 15) is 9.18 Å². The van der Waals surface area contributed by atoms with Crippen LogP contribution in [0.2, 0.25) is 0 Å². The lowest BCUT2D eigenvalue weighted by molar-refractivity contribution is 0.102. The van der Waals surface area contributed by atoms with E-state index in [4.69, 9.17) is 9.47 Å². The fraction of sp³-hybridized carbons (Fsp3) is 0.182. The molecule has 0 unspecified atom stereocenters. The van der Waals surface area contributed by atoms with Gasteiger partial charge in [-0.1, -0.05) is 12.1 Å². The molecule has 5 nitrogen and oxygen atoms in total. The number of halogens is 1. The van der Waals surface area contributed by atoms with Gasteiger partial charge in [0, 0.05) is 23.5 Å². The summed E-state index contributed by atoms with van der Waals surface area (Å²) in [5, 5.41) is 2.60. The SMILES string of the molecule is CCOc1cc(C(=O)Nc2cc(C)ccc2F)ccc1OCc1cccnc1. The molecule has 0 aliphatic carbocycles. The number of ether oxygens (including phenoxy) is 2. The Morgan fingerprint density at radius 3 is 2.71 bits per heavy atom. The van der Waals surface area contributed by atoms with E-state index in [-0.39, 0.29) is 5.69 Å². The van der Waals surface area contributed by atoms with Crippen LogP contribution in [-0.4, -0.2) is 17.5 Å². The van der Waals surface area contributed by atoms with Gasteiger partial charge in [-0.3, -0.25) is 9.78 Å². The fourth-order valence-corrected chi connectivity index (χ4v) is 2.61. The van der Waals surface area contributed by atoms with Crippen molar-refractivity contribution in [2.75, 3.05) is 11.9 Å². The number of benzene rings is 2. The number of anilines is 1. The number of rotatable bonds is 7. The lowest BCUT2D eigenvalue weighted by Gasteiger charge is -2.14. The number of aryl methyl sites for hydroxylation is 1. The molecule has 28 heavy (non-hydrogen) atoms. The number of pyridine rings is 1. The number of hydrogen-bond acceptors (Lipinski definition) is 4. The first-order chi connectivity index (χ1) is 13.6. The molecule has 3 rings (SSSR count). The van der Waals surface area contributed by atoms with E-state index in [2.05, 4.69) is 10.3 Å². The molecule has 1 heterocycles. The second-order valence-electron chi connectivity index (χ2n) is 6.18. The summed E-state index contributed by atoms with van der Waals surface area (Å²) in [7, 11) is 0. The van der Waals surface area contributed by atoms with Crippen LogP contribution in [0, 0.1) is 12.7 Å². The highest BCUT2D eigenvalue weighted by Gasteiger charge is 2.14. The quantitative estimate of drug-likeness (QED) is 0.642. The molecule has 6 heteroatoms. The highest BCUT2D eigenvalue weighted by molar-refractivity contribution is 6.04. The zero-order chi connectivity index (χ0) is 19.9. The molecule has 3 aromatic rings. The van der Waals surface area contributed by atoms with Crippen molar-refractivity contribution in [2.45, 2.75) is 20.5 Å². The smallest absolute Gasteiger partial charge is 0.255 e. The third-order valence-corrected chi connectivity index (χ3v) is 3.99. The van der Waals surface area contributed by atoms with Gasteiger partial charge in [0.25, 0.3) is 5.91 Å². The Kier molecular flexibility index (Phi) is 6.22. The normalized spacial score (nSPS) is 10.4. The Balaban J connectivity index is 1.77. The molecule has 0 aliphatic rings. The molecule has 1 aromatic heterocycles. The van der Waals surface area contributed by atoms with Gasteiger partial charge in [-0.05, 0) is 55.8 Å². The van der Waals surface area contributed by atoms with Crippen molar-refractivity contribution < 1.29 is 18.7 Å². The first kappa shape index (κ1) is 19.4. The van der Waals surface area contributed by atoms with Crippen LogP contribution < -0.4 is 14.8 Å². The van der Waals surface area contributed by atoms with E-state index in [1.54, 1.807) is 42.7 Å². The number of nitrogens with one attached hydrogen (secondary N) is 1. The van der Waals surface area contributed by atoms with Gasteiger partial charge in [0.05, 0.1) is 12.3 Å². The van der Waals surface area contributed by atoms with Gasteiger partial charge in [0.15, 0.2) is 11.5 Å². The predicted octanol–water partition coefficient (Wildman–Crippen LogP) is 4.76. The van der Waals surface area contributed by atoms with Crippen molar-refractivity contribution in [1.82, 2.24) is 4.98 Å². The Bertz CT molecular complexity index is 961.